The first-order valence-electron chi connectivity index (χ1n) is 11.0. The number of pyridine rings is 1. The average molecular weight is 414 g/mol. The summed E-state index contributed by atoms with van der Waals surface area (Å²) in [5, 5.41) is 3.39. The van der Waals surface area contributed by atoms with Crippen molar-refractivity contribution in [1.29, 1.82) is 0 Å². The molecule has 5 nitrogen and oxygen atoms in total. The number of nitrogens with one attached hydrogen (secondary N) is 2. The average Bonchev–Trinajstić information content (AvgIpc) is 3.39. The molecule has 2 fully saturated rings. The molecule has 31 heavy (non-hydrogen) atoms. The van der Waals surface area contributed by atoms with E-state index in [2.05, 4.69) is 27.2 Å². The van der Waals surface area contributed by atoms with Crippen LogP contribution in [-0.2, 0) is 18.3 Å². The van der Waals surface area contributed by atoms with E-state index in [1.165, 1.54) is 6.07 Å². The predicted molar refractivity (Wildman–Crippen MR) is 115 cm³/mol. The van der Waals surface area contributed by atoms with E-state index >= 15 is 0 Å². The number of aromatic amines is 1. The molecule has 1 saturated carbocycles. The van der Waals surface area contributed by atoms with Gasteiger partial charge in [-0.15, -0.1) is 0 Å². The van der Waals surface area contributed by atoms with Gasteiger partial charge >= 0.3 is 0 Å². The highest BCUT2D eigenvalue weighted by atomic mass is 19.1. The number of hydrogen-bond donors (Lipinski definition) is 2. The highest BCUT2D eigenvalue weighted by Crippen LogP contribution is 2.59. The van der Waals surface area contributed by atoms with Crippen LogP contribution >= 0.6 is 0 Å². The summed E-state index contributed by atoms with van der Waals surface area (Å²) in [7, 11) is 2.14. The third kappa shape index (κ3) is 2.13. The van der Waals surface area contributed by atoms with E-state index in [1.807, 2.05) is 18.3 Å². The van der Waals surface area contributed by atoms with Crippen molar-refractivity contribution in [2.24, 2.45) is 0 Å². The van der Waals surface area contributed by atoms with E-state index in [9.17, 15) is 9.18 Å². The van der Waals surface area contributed by atoms with Crippen LogP contribution in [0.2, 0.25) is 0 Å². The molecule has 1 saturated heterocycles. The van der Waals surface area contributed by atoms with Crippen LogP contribution in [0.5, 0.6) is 0 Å². The zero-order chi connectivity index (χ0) is 21.0. The molecule has 6 heteroatoms. The standard InChI is InChI=1S/C25H23FN4O/c1-30-12-24(13-30)22-20(23(31)29-25(24)8-9-25)16-7-6-14-11-27-19(10-17(14)21(16)28-22)15-4-2-3-5-18(15)26/h2-5,10-11,28H,6-9,12-13H2,1H3,(H,29,31). The van der Waals surface area contributed by atoms with Crippen LogP contribution in [0.25, 0.3) is 22.5 Å². The fourth-order valence-electron chi connectivity index (χ4n) is 6.32. The molecule has 1 amide bonds. The normalized spacial score (nSPS) is 21.8. The van der Waals surface area contributed by atoms with E-state index < -0.39 is 0 Å². The number of rotatable bonds is 1. The summed E-state index contributed by atoms with van der Waals surface area (Å²) in [6.07, 6.45) is 5.63. The van der Waals surface area contributed by atoms with Gasteiger partial charge in [0.25, 0.3) is 5.91 Å². The molecule has 2 aliphatic heterocycles. The Kier molecular flexibility index (Phi) is 3.20. The number of fused-ring (bicyclic) bond motifs is 7. The number of carbonyl (C=O) groups is 1. The molecular formula is C25H23FN4O. The Morgan fingerprint density at radius 2 is 1.94 bits per heavy atom. The van der Waals surface area contributed by atoms with E-state index in [4.69, 9.17) is 0 Å². The maximum atomic E-state index is 14.4. The number of aromatic nitrogens is 2. The Balaban J connectivity index is 1.43. The minimum atomic E-state index is -0.275. The molecule has 0 radical (unpaired) electrons. The number of carbonyl (C=O) groups excluding carboxylic acids is 1. The number of amides is 1. The summed E-state index contributed by atoms with van der Waals surface area (Å²) in [4.78, 5) is 23.8. The van der Waals surface area contributed by atoms with Gasteiger partial charge in [-0.2, -0.15) is 0 Å². The highest BCUT2D eigenvalue weighted by Gasteiger charge is 2.68. The number of benzene rings is 1. The molecule has 3 aromatic rings. The van der Waals surface area contributed by atoms with Crippen LogP contribution in [-0.4, -0.2) is 46.5 Å². The minimum Gasteiger partial charge on any atom is -0.357 e. The maximum absolute atomic E-state index is 14.4. The number of likely N-dealkylation sites (N-methyl/N-ethyl adjacent to an activating group) is 1. The van der Waals surface area contributed by atoms with Gasteiger partial charge < -0.3 is 15.2 Å². The Morgan fingerprint density at radius 3 is 2.68 bits per heavy atom. The monoisotopic (exact) mass is 414 g/mol. The SMILES string of the molecule is CN1CC2(C1)c1[nH]c3c(c1C(=O)NC21CC1)CCc1cnc(-c2ccccc2F)cc1-3. The molecule has 2 N–H and O–H groups in total. The lowest BCUT2D eigenvalue weighted by atomic mass is 9.65. The largest absolute Gasteiger partial charge is 0.357 e. The Hall–Kier alpha value is -2.99. The minimum absolute atomic E-state index is 0.0239. The number of likely N-dealkylation sites (tertiary alicyclic amines) is 1. The zero-order valence-electron chi connectivity index (χ0n) is 17.4. The number of hydrogen-bond acceptors (Lipinski definition) is 3. The number of H-pyrrole nitrogens is 1. The Bertz CT molecular complexity index is 1280. The molecule has 2 aliphatic carbocycles. The number of halogens is 1. The molecule has 2 aromatic heterocycles. The van der Waals surface area contributed by atoms with Crippen LogP contribution in [0.3, 0.4) is 0 Å². The lowest BCUT2D eigenvalue weighted by Crippen LogP contribution is -2.71. The smallest absolute Gasteiger partial charge is 0.253 e. The molecule has 2 spiro atoms. The van der Waals surface area contributed by atoms with Crippen molar-refractivity contribution < 1.29 is 9.18 Å². The van der Waals surface area contributed by atoms with Gasteiger partial charge in [0.2, 0.25) is 0 Å². The van der Waals surface area contributed by atoms with Crippen molar-refractivity contribution in [2.75, 3.05) is 20.1 Å². The summed E-state index contributed by atoms with van der Waals surface area (Å²) in [6.45, 7) is 1.92. The Labute approximate surface area is 179 Å². The molecule has 4 heterocycles. The lowest BCUT2D eigenvalue weighted by molar-refractivity contribution is 0.0340. The molecule has 0 unspecified atom stereocenters. The summed E-state index contributed by atoms with van der Waals surface area (Å²) in [5.41, 5.74) is 7.31. The van der Waals surface area contributed by atoms with Crippen LogP contribution in [0, 0.1) is 5.82 Å². The molecule has 156 valence electrons. The maximum Gasteiger partial charge on any atom is 0.253 e. The Morgan fingerprint density at radius 1 is 1.13 bits per heavy atom. The van der Waals surface area contributed by atoms with Crippen molar-refractivity contribution in [3.8, 4) is 22.5 Å². The third-order valence-electron chi connectivity index (χ3n) is 7.96. The van der Waals surface area contributed by atoms with Crippen molar-refractivity contribution in [1.82, 2.24) is 20.2 Å². The number of aryl methyl sites for hydroxylation is 1. The molecule has 0 bridgehead atoms. The first-order chi connectivity index (χ1) is 15.0. The third-order valence-corrected chi connectivity index (χ3v) is 7.96. The van der Waals surface area contributed by atoms with Gasteiger partial charge in [0.05, 0.1) is 27.9 Å². The van der Waals surface area contributed by atoms with Gasteiger partial charge in [-0.3, -0.25) is 9.78 Å². The molecule has 0 atom stereocenters. The molecule has 1 aromatic carbocycles. The van der Waals surface area contributed by atoms with Gasteiger partial charge in [-0.25, -0.2) is 4.39 Å². The highest BCUT2D eigenvalue weighted by molar-refractivity contribution is 6.02. The summed E-state index contributed by atoms with van der Waals surface area (Å²) in [6, 6.07) is 8.73. The second-order valence-electron chi connectivity index (χ2n) is 9.73. The first kappa shape index (κ1) is 17.7. The summed E-state index contributed by atoms with van der Waals surface area (Å²) < 4.78 is 14.4. The number of nitrogens with zero attached hydrogens (tertiary/aromatic N) is 2. The summed E-state index contributed by atoms with van der Waals surface area (Å²) in [5.74, 6) is -0.208. The molecule has 4 aliphatic rings. The van der Waals surface area contributed by atoms with E-state index in [-0.39, 0.29) is 22.7 Å². The fourth-order valence-corrected chi connectivity index (χ4v) is 6.32. The fraction of sp³-hybridized carbons (Fsp3) is 0.360. The lowest BCUT2D eigenvalue weighted by Gasteiger charge is -2.55. The molecule has 7 rings (SSSR count). The van der Waals surface area contributed by atoms with Crippen molar-refractivity contribution in [3.05, 3.63) is 64.7 Å². The van der Waals surface area contributed by atoms with Crippen molar-refractivity contribution in [3.63, 3.8) is 0 Å². The van der Waals surface area contributed by atoms with Gasteiger partial charge in [0, 0.05) is 36.1 Å². The van der Waals surface area contributed by atoms with Crippen molar-refractivity contribution >= 4 is 5.91 Å². The van der Waals surface area contributed by atoms with E-state index in [0.717, 1.165) is 72.4 Å². The van der Waals surface area contributed by atoms with Gasteiger partial charge in [-0.1, -0.05) is 12.1 Å². The second kappa shape index (κ2) is 5.62. The van der Waals surface area contributed by atoms with Gasteiger partial charge in [0.1, 0.15) is 5.82 Å². The molecular weight excluding hydrogens is 391 g/mol. The van der Waals surface area contributed by atoms with Gasteiger partial charge in [0.15, 0.2) is 0 Å². The first-order valence-corrected chi connectivity index (χ1v) is 11.0. The quantitative estimate of drug-likeness (QED) is 0.641. The van der Waals surface area contributed by atoms with Crippen LogP contribution in [0.1, 0.15) is 40.0 Å². The predicted octanol–water partition coefficient (Wildman–Crippen LogP) is 3.44. The second-order valence-corrected chi connectivity index (χ2v) is 9.73. The van der Waals surface area contributed by atoms with Crippen LogP contribution in [0.4, 0.5) is 4.39 Å². The van der Waals surface area contributed by atoms with Crippen LogP contribution < -0.4 is 5.32 Å². The zero-order valence-corrected chi connectivity index (χ0v) is 17.4. The topological polar surface area (TPSA) is 61.0 Å². The van der Waals surface area contributed by atoms with Gasteiger partial charge in [-0.05, 0) is 62.1 Å². The van der Waals surface area contributed by atoms with Crippen LogP contribution in [0.15, 0.2) is 36.5 Å². The van der Waals surface area contributed by atoms with E-state index in [1.54, 1.807) is 12.1 Å². The van der Waals surface area contributed by atoms with Crippen molar-refractivity contribution in [2.45, 2.75) is 36.6 Å². The summed E-state index contributed by atoms with van der Waals surface area (Å²) >= 11 is 0. The van der Waals surface area contributed by atoms with E-state index in [0.29, 0.717) is 11.3 Å².